The van der Waals surface area contributed by atoms with Gasteiger partial charge in [0.15, 0.2) is 0 Å². The molecule has 1 heterocycles. The fourth-order valence-electron chi connectivity index (χ4n) is 3.52. The maximum Gasteiger partial charge on any atom is 0.0822 e. The largest absolute Gasteiger partial charge is 0.306 e. The zero-order chi connectivity index (χ0) is 13.3. The second kappa shape index (κ2) is 4.98. The Balaban J connectivity index is 1.86. The predicted molar refractivity (Wildman–Crippen MR) is 77.1 cm³/mol. The first-order valence-electron chi connectivity index (χ1n) is 7.44. The summed E-state index contributed by atoms with van der Waals surface area (Å²) in [6, 6.07) is 11.4. The van der Waals surface area contributed by atoms with Crippen LogP contribution in [0.3, 0.4) is 0 Å². The maximum absolute atomic E-state index is 9.48. The Morgan fingerprint density at radius 3 is 2.79 bits per heavy atom. The molecule has 0 bridgehead atoms. The molecule has 1 aromatic carbocycles. The molecule has 2 fully saturated rings. The lowest BCUT2D eigenvalue weighted by Gasteiger charge is -2.36. The standard InChI is InChI=1S/C17H22N2/c1-19-10-3-6-15(12-19)14-5-2-7-16(11-14)17(13-18)8-4-9-17/h2,5,7,11,15H,3-4,6,8-10,12H2,1H3. The monoisotopic (exact) mass is 254 g/mol. The molecular weight excluding hydrogens is 232 g/mol. The van der Waals surface area contributed by atoms with Gasteiger partial charge in [-0.2, -0.15) is 5.26 Å². The van der Waals surface area contributed by atoms with Gasteiger partial charge in [-0.15, -0.1) is 0 Å². The summed E-state index contributed by atoms with van der Waals surface area (Å²) in [6.45, 7) is 2.38. The van der Waals surface area contributed by atoms with E-state index < -0.39 is 0 Å². The molecule has 0 radical (unpaired) electrons. The van der Waals surface area contributed by atoms with Crippen molar-refractivity contribution in [2.45, 2.75) is 43.4 Å². The van der Waals surface area contributed by atoms with Crippen LogP contribution in [0.1, 0.15) is 49.1 Å². The molecule has 2 nitrogen and oxygen atoms in total. The van der Waals surface area contributed by atoms with Crippen molar-refractivity contribution in [2.75, 3.05) is 20.1 Å². The van der Waals surface area contributed by atoms with E-state index in [-0.39, 0.29) is 5.41 Å². The molecule has 0 spiro atoms. The van der Waals surface area contributed by atoms with Crippen LogP contribution in [0, 0.1) is 11.3 Å². The minimum Gasteiger partial charge on any atom is -0.306 e. The van der Waals surface area contributed by atoms with E-state index >= 15 is 0 Å². The molecule has 100 valence electrons. The Morgan fingerprint density at radius 2 is 2.16 bits per heavy atom. The third kappa shape index (κ3) is 2.28. The number of benzene rings is 1. The molecule has 1 unspecified atom stereocenters. The highest BCUT2D eigenvalue weighted by Gasteiger charge is 2.39. The lowest BCUT2D eigenvalue weighted by Crippen LogP contribution is -2.33. The summed E-state index contributed by atoms with van der Waals surface area (Å²) in [7, 11) is 2.21. The molecule has 19 heavy (non-hydrogen) atoms. The summed E-state index contributed by atoms with van der Waals surface area (Å²) in [5, 5.41) is 9.48. The fourth-order valence-corrected chi connectivity index (χ4v) is 3.52. The van der Waals surface area contributed by atoms with E-state index in [1.807, 2.05) is 0 Å². The third-order valence-corrected chi connectivity index (χ3v) is 4.96. The predicted octanol–water partition coefficient (Wildman–Crippen LogP) is 3.44. The third-order valence-electron chi connectivity index (χ3n) is 4.96. The minimum atomic E-state index is -0.170. The molecule has 1 saturated heterocycles. The molecule has 3 rings (SSSR count). The smallest absolute Gasteiger partial charge is 0.0822 e. The van der Waals surface area contributed by atoms with Gasteiger partial charge in [0, 0.05) is 6.54 Å². The summed E-state index contributed by atoms with van der Waals surface area (Å²) in [4.78, 5) is 2.42. The van der Waals surface area contributed by atoms with Crippen molar-refractivity contribution in [1.29, 1.82) is 5.26 Å². The van der Waals surface area contributed by atoms with Crippen molar-refractivity contribution < 1.29 is 0 Å². The maximum atomic E-state index is 9.48. The lowest BCUT2D eigenvalue weighted by molar-refractivity contribution is 0.250. The van der Waals surface area contributed by atoms with Crippen LogP contribution in [-0.2, 0) is 5.41 Å². The van der Waals surface area contributed by atoms with Crippen molar-refractivity contribution in [1.82, 2.24) is 4.90 Å². The number of likely N-dealkylation sites (N-methyl/N-ethyl adjacent to an activating group) is 1. The zero-order valence-corrected chi connectivity index (χ0v) is 11.7. The first-order valence-corrected chi connectivity index (χ1v) is 7.44. The summed E-state index contributed by atoms with van der Waals surface area (Å²) >= 11 is 0. The van der Waals surface area contributed by atoms with Crippen LogP contribution in [0.2, 0.25) is 0 Å². The number of piperidine rings is 1. The van der Waals surface area contributed by atoms with E-state index in [2.05, 4.69) is 42.3 Å². The number of nitriles is 1. The first-order chi connectivity index (χ1) is 9.23. The molecule has 1 saturated carbocycles. The summed E-state index contributed by atoms with van der Waals surface area (Å²) in [5.41, 5.74) is 2.52. The molecule has 0 aromatic heterocycles. The van der Waals surface area contributed by atoms with Crippen LogP contribution in [0.4, 0.5) is 0 Å². The highest BCUT2D eigenvalue weighted by molar-refractivity contribution is 5.39. The van der Waals surface area contributed by atoms with Gasteiger partial charge in [0.05, 0.1) is 11.5 Å². The molecule has 1 atom stereocenters. The lowest BCUT2D eigenvalue weighted by atomic mass is 9.65. The Morgan fingerprint density at radius 1 is 1.32 bits per heavy atom. The number of likely N-dealkylation sites (tertiary alicyclic amines) is 1. The van der Waals surface area contributed by atoms with Gasteiger partial charge >= 0.3 is 0 Å². The van der Waals surface area contributed by atoms with Crippen molar-refractivity contribution in [3.63, 3.8) is 0 Å². The van der Waals surface area contributed by atoms with Crippen molar-refractivity contribution >= 4 is 0 Å². The normalized spacial score (nSPS) is 26.4. The number of nitrogens with zero attached hydrogens (tertiary/aromatic N) is 2. The van der Waals surface area contributed by atoms with E-state index in [1.165, 1.54) is 36.9 Å². The molecule has 1 aliphatic heterocycles. The first kappa shape index (κ1) is 12.7. The topological polar surface area (TPSA) is 27.0 Å². The summed E-state index contributed by atoms with van der Waals surface area (Å²) < 4.78 is 0. The Hall–Kier alpha value is -1.33. The Bertz CT molecular complexity index is 496. The molecule has 2 heteroatoms. The van der Waals surface area contributed by atoms with E-state index in [1.54, 1.807) is 0 Å². The number of rotatable bonds is 2. The van der Waals surface area contributed by atoms with E-state index in [0.717, 1.165) is 19.4 Å². The fraction of sp³-hybridized carbons (Fsp3) is 0.588. The van der Waals surface area contributed by atoms with E-state index in [4.69, 9.17) is 0 Å². The Labute approximate surface area is 116 Å². The van der Waals surface area contributed by atoms with Gasteiger partial charge in [0.25, 0.3) is 0 Å². The summed E-state index contributed by atoms with van der Waals surface area (Å²) in [6.07, 6.45) is 5.85. The van der Waals surface area contributed by atoms with Crippen LogP contribution in [-0.4, -0.2) is 25.0 Å². The molecule has 0 N–H and O–H groups in total. The molecule has 0 amide bonds. The SMILES string of the molecule is CN1CCCC(c2cccc(C3(C#N)CCC3)c2)C1. The van der Waals surface area contributed by atoms with E-state index in [9.17, 15) is 5.26 Å². The van der Waals surface area contributed by atoms with Crippen LogP contribution in [0.15, 0.2) is 24.3 Å². The van der Waals surface area contributed by atoms with Gasteiger partial charge in [0.2, 0.25) is 0 Å². The van der Waals surface area contributed by atoms with Gasteiger partial charge < -0.3 is 4.90 Å². The second-order valence-corrected chi connectivity index (χ2v) is 6.27. The highest BCUT2D eigenvalue weighted by Crippen LogP contribution is 2.43. The van der Waals surface area contributed by atoms with Gasteiger partial charge in [-0.3, -0.25) is 0 Å². The zero-order valence-electron chi connectivity index (χ0n) is 11.7. The van der Waals surface area contributed by atoms with Gasteiger partial charge in [-0.25, -0.2) is 0 Å². The van der Waals surface area contributed by atoms with Gasteiger partial charge in [0.1, 0.15) is 0 Å². The summed E-state index contributed by atoms with van der Waals surface area (Å²) in [5.74, 6) is 0.648. The average molecular weight is 254 g/mol. The molecule has 2 aliphatic rings. The second-order valence-electron chi connectivity index (χ2n) is 6.27. The van der Waals surface area contributed by atoms with Crippen LogP contribution in [0.25, 0.3) is 0 Å². The number of hydrogen-bond acceptors (Lipinski definition) is 2. The minimum absolute atomic E-state index is 0.170. The molecule has 1 aromatic rings. The van der Waals surface area contributed by atoms with Crippen LogP contribution in [0.5, 0.6) is 0 Å². The molecular formula is C17H22N2. The van der Waals surface area contributed by atoms with Gasteiger partial charge in [-0.05, 0) is 62.7 Å². The average Bonchev–Trinajstić information content (AvgIpc) is 2.39. The number of hydrogen-bond donors (Lipinski definition) is 0. The Kier molecular flexibility index (Phi) is 3.33. The van der Waals surface area contributed by atoms with Gasteiger partial charge in [-0.1, -0.05) is 24.3 Å². The molecule has 1 aliphatic carbocycles. The van der Waals surface area contributed by atoms with Crippen molar-refractivity contribution in [3.8, 4) is 6.07 Å². The highest BCUT2D eigenvalue weighted by atomic mass is 15.1. The van der Waals surface area contributed by atoms with Crippen molar-refractivity contribution in [3.05, 3.63) is 35.4 Å². The van der Waals surface area contributed by atoms with Crippen molar-refractivity contribution in [2.24, 2.45) is 0 Å². The van der Waals surface area contributed by atoms with Crippen LogP contribution < -0.4 is 0 Å². The quantitative estimate of drug-likeness (QED) is 0.808. The van der Waals surface area contributed by atoms with E-state index in [0.29, 0.717) is 5.92 Å². The van der Waals surface area contributed by atoms with Crippen LogP contribution >= 0.6 is 0 Å².